The normalized spacial score (nSPS) is 10.4. The van der Waals surface area contributed by atoms with Gasteiger partial charge in [-0.3, -0.25) is 0 Å². The van der Waals surface area contributed by atoms with Crippen LogP contribution in [0, 0.1) is 6.92 Å². The van der Waals surface area contributed by atoms with Crippen molar-refractivity contribution in [2.24, 2.45) is 0 Å². The van der Waals surface area contributed by atoms with Crippen molar-refractivity contribution in [1.29, 1.82) is 0 Å². The van der Waals surface area contributed by atoms with Gasteiger partial charge in [0.15, 0.2) is 0 Å². The van der Waals surface area contributed by atoms with Crippen LogP contribution in [0.5, 0.6) is 5.75 Å². The van der Waals surface area contributed by atoms with Crippen molar-refractivity contribution >= 4 is 17.0 Å². The van der Waals surface area contributed by atoms with Crippen molar-refractivity contribution in [3.8, 4) is 5.75 Å². The van der Waals surface area contributed by atoms with Gasteiger partial charge in [0.1, 0.15) is 5.75 Å². The highest BCUT2D eigenvalue weighted by Gasteiger charge is 2.01. The van der Waals surface area contributed by atoms with Gasteiger partial charge in [0.2, 0.25) is 0 Å². The fourth-order valence-electron chi connectivity index (χ4n) is 1.88. The van der Waals surface area contributed by atoms with Crippen molar-refractivity contribution in [3.63, 3.8) is 0 Å². The molecule has 0 aliphatic carbocycles. The lowest BCUT2D eigenvalue weighted by atomic mass is 10.2. The number of nitrogens with one attached hydrogen (secondary N) is 1. The van der Waals surface area contributed by atoms with E-state index in [4.69, 9.17) is 4.74 Å². The summed E-state index contributed by atoms with van der Waals surface area (Å²) in [7, 11) is 1.70. The van der Waals surface area contributed by atoms with Gasteiger partial charge in [-0.25, -0.2) is 0 Å². The molecular formula is C15H19NOS. The number of benzene rings is 1. The minimum absolute atomic E-state index is 0.885. The first-order valence-electron chi connectivity index (χ1n) is 6.19. The number of methoxy groups -OCH3 is 1. The Labute approximate surface area is 113 Å². The highest BCUT2D eigenvalue weighted by atomic mass is 32.1. The summed E-state index contributed by atoms with van der Waals surface area (Å²) < 4.78 is 5.25. The van der Waals surface area contributed by atoms with E-state index in [1.165, 1.54) is 9.75 Å². The van der Waals surface area contributed by atoms with Gasteiger partial charge in [0.25, 0.3) is 0 Å². The average molecular weight is 261 g/mol. The third kappa shape index (κ3) is 3.05. The fraction of sp³-hybridized carbons (Fsp3) is 0.333. The van der Waals surface area contributed by atoms with Crippen molar-refractivity contribution in [3.05, 3.63) is 45.6 Å². The van der Waals surface area contributed by atoms with Gasteiger partial charge >= 0.3 is 0 Å². The van der Waals surface area contributed by atoms with Crippen molar-refractivity contribution < 1.29 is 4.74 Å². The first kappa shape index (κ1) is 13.0. The molecule has 0 radical (unpaired) electrons. The van der Waals surface area contributed by atoms with Crippen LogP contribution in [0.15, 0.2) is 30.3 Å². The molecule has 0 atom stereocenters. The number of anilines is 1. The first-order chi connectivity index (χ1) is 8.72. The minimum Gasteiger partial charge on any atom is -0.496 e. The Morgan fingerprint density at radius 3 is 2.56 bits per heavy atom. The molecule has 0 unspecified atom stereocenters. The highest BCUT2D eigenvalue weighted by molar-refractivity contribution is 7.12. The molecule has 0 aliphatic heterocycles. The zero-order valence-corrected chi connectivity index (χ0v) is 11.9. The maximum atomic E-state index is 5.25. The van der Waals surface area contributed by atoms with Gasteiger partial charge in [-0.15, -0.1) is 11.3 Å². The standard InChI is InChI=1S/C15H19NOS/c1-4-13-6-7-14(18-13)10-16-12-5-8-15(17-3)11(2)9-12/h5-9,16H,4,10H2,1-3H3. The number of hydrogen-bond acceptors (Lipinski definition) is 3. The van der Waals surface area contributed by atoms with Crippen LogP contribution in [0.1, 0.15) is 22.2 Å². The van der Waals surface area contributed by atoms with E-state index in [2.05, 4.69) is 43.4 Å². The van der Waals surface area contributed by atoms with E-state index in [1.807, 2.05) is 17.4 Å². The van der Waals surface area contributed by atoms with Crippen LogP contribution >= 0.6 is 11.3 Å². The predicted molar refractivity (Wildman–Crippen MR) is 78.8 cm³/mol. The molecule has 1 aromatic heterocycles. The van der Waals surface area contributed by atoms with Gasteiger partial charge < -0.3 is 10.1 Å². The molecule has 0 spiro atoms. The Morgan fingerprint density at radius 1 is 1.17 bits per heavy atom. The van der Waals surface area contributed by atoms with Crippen molar-refractivity contribution in [2.75, 3.05) is 12.4 Å². The van der Waals surface area contributed by atoms with E-state index in [0.717, 1.165) is 30.0 Å². The SMILES string of the molecule is CCc1ccc(CNc2ccc(OC)c(C)c2)s1. The van der Waals surface area contributed by atoms with Gasteiger partial charge in [-0.1, -0.05) is 6.92 Å². The fourth-order valence-corrected chi connectivity index (χ4v) is 2.78. The van der Waals surface area contributed by atoms with Gasteiger partial charge in [-0.2, -0.15) is 0 Å². The minimum atomic E-state index is 0.885. The topological polar surface area (TPSA) is 21.3 Å². The number of thiophene rings is 1. The molecule has 0 amide bonds. The molecule has 0 saturated heterocycles. The summed E-state index contributed by atoms with van der Waals surface area (Å²) in [5, 5.41) is 3.45. The second kappa shape index (κ2) is 5.91. The largest absolute Gasteiger partial charge is 0.496 e. The maximum Gasteiger partial charge on any atom is 0.121 e. The predicted octanol–water partition coefficient (Wildman–Crippen LogP) is 4.24. The molecule has 2 rings (SSSR count). The molecule has 1 N–H and O–H groups in total. The first-order valence-corrected chi connectivity index (χ1v) is 7.00. The Bertz CT molecular complexity index is 519. The summed E-state index contributed by atoms with van der Waals surface area (Å²) in [6.45, 7) is 5.14. The Morgan fingerprint density at radius 2 is 1.94 bits per heavy atom. The smallest absolute Gasteiger partial charge is 0.121 e. The van der Waals surface area contributed by atoms with Crippen molar-refractivity contribution in [1.82, 2.24) is 0 Å². The summed E-state index contributed by atoms with van der Waals surface area (Å²) in [4.78, 5) is 2.82. The summed E-state index contributed by atoms with van der Waals surface area (Å²) >= 11 is 1.88. The van der Waals surface area contributed by atoms with E-state index in [0.29, 0.717) is 0 Å². The third-order valence-corrected chi connectivity index (χ3v) is 4.16. The molecule has 1 aromatic carbocycles. The van der Waals surface area contributed by atoms with Crippen LogP contribution < -0.4 is 10.1 Å². The van der Waals surface area contributed by atoms with Crippen LogP contribution in [0.2, 0.25) is 0 Å². The van der Waals surface area contributed by atoms with Crippen LogP contribution in [0.4, 0.5) is 5.69 Å². The lowest BCUT2D eigenvalue weighted by molar-refractivity contribution is 0.412. The van der Waals surface area contributed by atoms with E-state index in [1.54, 1.807) is 7.11 Å². The lowest BCUT2D eigenvalue weighted by Crippen LogP contribution is -1.98. The van der Waals surface area contributed by atoms with Crippen molar-refractivity contribution in [2.45, 2.75) is 26.8 Å². The molecule has 96 valence electrons. The molecule has 0 bridgehead atoms. The summed E-state index contributed by atoms with van der Waals surface area (Å²) in [6, 6.07) is 10.6. The Balaban J connectivity index is 1.99. The zero-order chi connectivity index (χ0) is 13.0. The number of hydrogen-bond donors (Lipinski definition) is 1. The molecule has 1 heterocycles. The molecule has 0 fully saturated rings. The molecule has 18 heavy (non-hydrogen) atoms. The number of rotatable bonds is 5. The number of ether oxygens (including phenoxy) is 1. The quantitative estimate of drug-likeness (QED) is 0.869. The van der Waals surface area contributed by atoms with Crippen LogP contribution in [0.25, 0.3) is 0 Å². The molecule has 0 saturated carbocycles. The molecule has 0 aliphatic rings. The van der Waals surface area contributed by atoms with E-state index in [-0.39, 0.29) is 0 Å². The second-order valence-electron chi connectivity index (χ2n) is 4.26. The van der Waals surface area contributed by atoms with Crippen LogP contribution in [-0.2, 0) is 13.0 Å². The van der Waals surface area contributed by atoms with Crippen LogP contribution in [-0.4, -0.2) is 7.11 Å². The maximum absolute atomic E-state index is 5.25. The van der Waals surface area contributed by atoms with E-state index >= 15 is 0 Å². The molecule has 2 aromatic rings. The lowest BCUT2D eigenvalue weighted by Gasteiger charge is -2.09. The second-order valence-corrected chi connectivity index (χ2v) is 5.51. The zero-order valence-electron chi connectivity index (χ0n) is 11.1. The third-order valence-electron chi connectivity index (χ3n) is 2.93. The van der Waals surface area contributed by atoms with Gasteiger partial charge in [0.05, 0.1) is 7.11 Å². The highest BCUT2D eigenvalue weighted by Crippen LogP contribution is 2.23. The Kier molecular flexibility index (Phi) is 4.26. The van der Waals surface area contributed by atoms with E-state index < -0.39 is 0 Å². The average Bonchev–Trinajstić information content (AvgIpc) is 2.84. The molecule has 3 heteroatoms. The summed E-state index contributed by atoms with van der Waals surface area (Å²) in [6.07, 6.45) is 1.12. The molecule has 2 nitrogen and oxygen atoms in total. The van der Waals surface area contributed by atoms with E-state index in [9.17, 15) is 0 Å². The van der Waals surface area contributed by atoms with Gasteiger partial charge in [-0.05, 0) is 49.2 Å². The summed E-state index contributed by atoms with van der Waals surface area (Å²) in [5.74, 6) is 0.935. The monoisotopic (exact) mass is 261 g/mol. The number of aryl methyl sites for hydroxylation is 2. The van der Waals surface area contributed by atoms with Gasteiger partial charge in [0, 0.05) is 22.0 Å². The Hall–Kier alpha value is -1.48. The van der Waals surface area contributed by atoms with Crippen LogP contribution in [0.3, 0.4) is 0 Å². The molecular weight excluding hydrogens is 242 g/mol. The summed E-state index contributed by atoms with van der Waals surface area (Å²) in [5.41, 5.74) is 2.29.